The Balaban J connectivity index is 1.88. The second kappa shape index (κ2) is 7.47. The second-order valence-corrected chi connectivity index (χ2v) is 6.27. The van der Waals surface area contributed by atoms with Gasteiger partial charge in [-0.3, -0.25) is 0 Å². The molecule has 2 rings (SSSR count). The van der Waals surface area contributed by atoms with Crippen LogP contribution >= 0.6 is 0 Å². The normalized spacial score (nSPS) is 20.8. The van der Waals surface area contributed by atoms with Gasteiger partial charge in [0.15, 0.2) is 0 Å². The van der Waals surface area contributed by atoms with Crippen molar-refractivity contribution in [3.8, 4) is 0 Å². The maximum atomic E-state index is 12.7. The zero-order chi connectivity index (χ0) is 16.2. The molecule has 22 heavy (non-hydrogen) atoms. The molecule has 1 unspecified atom stereocenters. The van der Waals surface area contributed by atoms with E-state index in [1.165, 1.54) is 5.56 Å². The molecule has 1 aliphatic rings. The van der Waals surface area contributed by atoms with E-state index in [9.17, 15) is 13.2 Å². The highest BCUT2D eigenvalue weighted by Gasteiger charge is 2.41. The van der Waals surface area contributed by atoms with Crippen LogP contribution in [0, 0.1) is 11.8 Å². The van der Waals surface area contributed by atoms with E-state index in [1.54, 1.807) is 0 Å². The van der Waals surface area contributed by atoms with Crippen LogP contribution in [-0.2, 0) is 0 Å². The van der Waals surface area contributed by atoms with Crippen molar-refractivity contribution in [3.05, 3.63) is 35.9 Å². The zero-order valence-electron chi connectivity index (χ0n) is 13.2. The summed E-state index contributed by atoms with van der Waals surface area (Å²) in [5.74, 6) is -0.775. The van der Waals surface area contributed by atoms with Gasteiger partial charge in [-0.05, 0) is 44.5 Å². The molecule has 1 aliphatic heterocycles. The van der Waals surface area contributed by atoms with Crippen molar-refractivity contribution in [2.24, 2.45) is 11.8 Å². The first-order chi connectivity index (χ1) is 10.4. The van der Waals surface area contributed by atoms with E-state index >= 15 is 0 Å². The predicted octanol–water partition coefficient (Wildman–Crippen LogP) is 3.86. The molecule has 124 valence electrons. The van der Waals surface area contributed by atoms with E-state index in [-0.39, 0.29) is 18.9 Å². The predicted molar refractivity (Wildman–Crippen MR) is 82.6 cm³/mol. The maximum absolute atomic E-state index is 12.7. The van der Waals surface area contributed by atoms with Crippen molar-refractivity contribution in [3.63, 3.8) is 0 Å². The van der Waals surface area contributed by atoms with Crippen LogP contribution in [0.15, 0.2) is 30.3 Å². The molecule has 0 aromatic heterocycles. The molecule has 0 bridgehead atoms. The Labute approximate surface area is 130 Å². The molecular formula is C17H25F3N2. The van der Waals surface area contributed by atoms with Gasteiger partial charge in [0.05, 0.1) is 5.92 Å². The Morgan fingerprint density at radius 2 is 1.77 bits per heavy atom. The van der Waals surface area contributed by atoms with Crippen molar-refractivity contribution >= 4 is 0 Å². The highest BCUT2D eigenvalue weighted by atomic mass is 19.4. The van der Waals surface area contributed by atoms with Crippen LogP contribution in [0.4, 0.5) is 13.2 Å². The minimum atomic E-state index is -4.03. The molecule has 0 radical (unpaired) electrons. The molecular weight excluding hydrogens is 289 g/mol. The number of benzene rings is 1. The van der Waals surface area contributed by atoms with Crippen LogP contribution in [0.25, 0.3) is 0 Å². The fourth-order valence-corrected chi connectivity index (χ4v) is 3.40. The monoisotopic (exact) mass is 314 g/mol. The summed E-state index contributed by atoms with van der Waals surface area (Å²) >= 11 is 0. The van der Waals surface area contributed by atoms with Crippen LogP contribution in [0.1, 0.15) is 31.4 Å². The summed E-state index contributed by atoms with van der Waals surface area (Å²) in [4.78, 5) is 2.17. The smallest absolute Gasteiger partial charge is 0.313 e. The van der Waals surface area contributed by atoms with E-state index in [2.05, 4.69) is 29.3 Å². The Bertz CT molecular complexity index is 439. The van der Waals surface area contributed by atoms with Gasteiger partial charge in [-0.2, -0.15) is 13.2 Å². The minimum Gasteiger partial charge on any atom is -0.313 e. The van der Waals surface area contributed by atoms with Crippen LogP contribution in [-0.4, -0.2) is 37.8 Å². The number of hydrogen-bond acceptors (Lipinski definition) is 2. The van der Waals surface area contributed by atoms with E-state index in [0.717, 1.165) is 6.54 Å². The Morgan fingerprint density at radius 1 is 1.18 bits per heavy atom. The number of nitrogens with zero attached hydrogens (tertiary/aromatic N) is 1. The minimum absolute atomic E-state index is 0.224. The fraction of sp³-hybridized carbons (Fsp3) is 0.647. The molecule has 1 aromatic rings. The largest absolute Gasteiger partial charge is 0.391 e. The summed E-state index contributed by atoms with van der Waals surface area (Å²) < 4.78 is 38.1. The lowest BCUT2D eigenvalue weighted by atomic mass is 9.91. The lowest BCUT2D eigenvalue weighted by Gasteiger charge is -2.36. The first-order valence-corrected chi connectivity index (χ1v) is 7.93. The molecule has 1 heterocycles. The number of nitrogens with one attached hydrogen (secondary N) is 1. The number of rotatable bonds is 5. The van der Waals surface area contributed by atoms with Crippen LogP contribution < -0.4 is 5.32 Å². The van der Waals surface area contributed by atoms with Gasteiger partial charge in [0.2, 0.25) is 0 Å². The van der Waals surface area contributed by atoms with Crippen LogP contribution in [0.5, 0.6) is 0 Å². The average molecular weight is 314 g/mol. The Morgan fingerprint density at radius 3 is 2.27 bits per heavy atom. The SMILES string of the molecule is CNC(c1ccccc1)[C@@H](C)CN1CCC(C(F)(F)F)CC1. The van der Waals surface area contributed by atoms with Gasteiger partial charge in [0, 0.05) is 12.6 Å². The molecule has 0 saturated carbocycles. The van der Waals surface area contributed by atoms with E-state index in [1.807, 2.05) is 25.2 Å². The maximum Gasteiger partial charge on any atom is 0.391 e. The average Bonchev–Trinajstić information content (AvgIpc) is 2.48. The van der Waals surface area contributed by atoms with Gasteiger partial charge < -0.3 is 10.2 Å². The fourth-order valence-electron chi connectivity index (χ4n) is 3.40. The summed E-state index contributed by atoms with van der Waals surface area (Å²) in [6.45, 7) is 4.06. The first kappa shape index (κ1) is 17.3. The summed E-state index contributed by atoms with van der Waals surface area (Å²) in [7, 11) is 1.93. The molecule has 2 nitrogen and oxygen atoms in total. The van der Waals surface area contributed by atoms with Gasteiger partial charge in [0.1, 0.15) is 0 Å². The second-order valence-electron chi connectivity index (χ2n) is 6.27. The van der Waals surface area contributed by atoms with E-state index in [4.69, 9.17) is 0 Å². The van der Waals surface area contributed by atoms with Crippen molar-refractivity contribution < 1.29 is 13.2 Å². The Kier molecular flexibility index (Phi) is 5.87. The topological polar surface area (TPSA) is 15.3 Å². The highest BCUT2D eigenvalue weighted by Crippen LogP contribution is 2.34. The molecule has 0 amide bonds. The van der Waals surface area contributed by atoms with E-state index < -0.39 is 12.1 Å². The van der Waals surface area contributed by atoms with Crippen molar-refractivity contribution in [1.82, 2.24) is 10.2 Å². The highest BCUT2D eigenvalue weighted by molar-refractivity contribution is 5.19. The van der Waals surface area contributed by atoms with Gasteiger partial charge >= 0.3 is 6.18 Å². The first-order valence-electron chi connectivity index (χ1n) is 7.93. The summed E-state index contributed by atoms with van der Waals surface area (Å²) in [6.07, 6.45) is -3.58. The third kappa shape index (κ3) is 4.46. The lowest BCUT2D eigenvalue weighted by Crippen LogP contribution is -2.42. The molecule has 5 heteroatoms. The molecule has 0 spiro atoms. The number of piperidine rings is 1. The summed E-state index contributed by atoms with van der Waals surface area (Å²) in [5, 5.41) is 3.33. The lowest BCUT2D eigenvalue weighted by molar-refractivity contribution is -0.185. The number of alkyl halides is 3. The number of halogens is 3. The van der Waals surface area contributed by atoms with Crippen molar-refractivity contribution in [1.29, 1.82) is 0 Å². The van der Waals surface area contributed by atoms with Crippen LogP contribution in [0.3, 0.4) is 0 Å². The summed E-state index contributed by atoms with van der Waals surface area (Å²) in [6, 6.07) is 10.4. The third-order valence-electron chi connectivity index (χ3n) is 4.64. The molecule has 0 aliphatic carbocycles. The molecule has 1 saturated heterocycles. The molecule has 1 fully saturated rings. The van der Waals surface area contributed by atoms with Gasteiger partial charge in [0.25, 0.3) is 0 Å². The molecule has 1 aromatic carbocycles. The number of likely N-dealkylation sites (tertiary alicyclic amines) is 1. The van der Waals surface area contributed by atoms with Crippen molar-refractivity contribution in [2.75, 3.05) is 26.7 Å². The quantitative estimate of drug-likeness (QED) is 0.888. The van der Waals surface area contributed by atoms with Gasteiger partial charge in [-0.1, -0.05) is 37.3 Å². The van der Waals surface area contributed by atoms with E-state index in [0.29, 0.717) is 19.0 Å². The van der Waals surface area contributed by atoms with Crippen LogP contribution in [0.2, 0.25) is 0 Å². The zero-order valence-corrected chi connectivity index (χ0v) is 13.2. The summed E-state index contributed by atoms with van der Waals surface area (Å²) in [5.41, 5.74) is 1.22. The standard InChI is InChI=1S/C17H25F3N2/c1-13(16(21-2)14-6-4-3-5-7-14)12-22-10-8-15(9-11-22)17(18,19)20/h3-7,13,15-16,21H,8-12H2,1-2H3/t13-,16?/m0/s1. The van der Waals surface area contributed by atoms with Gasteiger partial charge in [-0.15, -0.1) is 0 Å². The third-order valence-corrected chi connectivity index (χ3v) is 4.64. The number of hydrogen-bond donors (Lipinski definition) is 1. The molecule has 1 N–H and O–H groups in total. The van der Waals surface area contributed by atoms with Crippen molar-refractivity contribution in [2.45, 2.75) is 32.0 Å². The Hall–Kier alpha value is -1.07. The molecule has 2 atom stereocenters. The van der Waals surface area contributed by atoms with Gasteiger partial charge in [-0.25, -0.2) is 0 Å².